The lowest BCUT2D eigenvalue weighted by atomic mass is 9.92. The Morgan fingerprint density at radius 2 is 1.90 bits per heavy atom. The summed E-state index contributed by atoms with van der Waals surface area (Å²) in [5.41, 5.74) is 1.35. The number of halogens is 2. The molecular formula is C16H17BrFNO. The fourth-order valence-electron chi connectivity index (χ4n) is 1.98. The molecule has 106 valence electrons. The lowest BCUT2D eigenvalue weighted by molar-refractivity contribution is 0.173. The van der Waals surface area contributed by atoms with Gasteiger partial charge in [-0.1, -0.05) is 36.4 Å². The first-order chi connectivity index (χ1) is 9.55. The van der Waals surface area contributed by atoms with E-state index < -0.39 is 5.54 Å². The molecular weight excluding hydrogens is 321 g/mol. The van der Waals surface area contributed by atoms with Gasteiger partial charge >= 0.3 is 0 Å². The van der Waals surface area contributed by atoms with Gasteiger partial charge in [0.25, 0.3) is 0 Å². The van der Waals surface area contributed by atoms with Crippen LogP contribution in [0.3, 0.4) is 0 Å². The van der Waals surface area contributed by atoms with Gasteiger partial charge in [0, 0.05) is 6.54 Å². The molecule has 2 aromatic carbocycles. The third-order valence-corrected chi connectivity index (χ3v) is 4.01. The Kier molecular flexibility index (Phi) is 4.91. The van der Waals surface area contributed by atoms with Crippen LogP contribution in [0.15, 0.2) is 53.0 Å². The zero-order valence-electron chi connectivity index (χ0n) is 11.2. The van der Waals surface area contributed by atoms with Crippen molar-refractivity contribution in [3.8, 4) is 0 Å². The zero-order valence-corrected chi connectivity index (χ0v) is 12.8. The molecule has 0 saturated carbocycles. The Bertz CT molecular complexity index is 576. The maximum atomic E-state index is 13.3. The van der Waals surface area contributed by atoms with E-state index >= 15 is 0 Å². The lowest BCUT2D eigenvalue weighted by Crippen LogP contribution is -2.42. The van der Waals surface area contributed by atoms with Crippen LogP contribution in [0.2, 0.25) is 0 Å². The first-order valence-corrected chi connectivity index (χ1v) is 7.20. The topological polar surface area (TPSA) is 32.3 Å². The second kappa shape index (κ2) is 6.48. The Morgan fingerprint density at radius 1 is 1.20 bits per heavy atom. The molecule has 0 saturated heterocycles. The molecule has 2 rings (SSSR count). The summed E-state index contributed by atoms with van der Waals surface area (Å²) in [5.74, 6) is -0.308. The van der Waals surface area contributed by atoms with Crippen molar-refractivity contribution in [2.24, 2.45) is 0 Å². The fraction of sp³-hybridized carbons (Fsp3) is 0.250. The average molecular weight is 338 g/mol. The summed E-state index contributed by atoms with van der Waals surface area (Å²) in [4.78, 5) is 0. The Morgan fingerprint density at radius 3 is 2.50 bits per heavy atom. The van der Waals surface area contributed by atoms with Crippen LogP contribution in [0.4, 0.5) is 4.39 Å². The molecule has 0 heterocycles. The minimum Gasteiger partial charge on any atom is -0.394 e. The van der Waals surface area contributed by atoms with Crippen molar-refractivity contribution in [2.75, 3.05) is 6.61 Å². The number of rotatable bonds is 5. The highest BCUT2D eigenvalue weighted by molar-refractivity contribution is 9.10. The summed E-state index contributed by atoms with van der Waals surface area (Å²) in [6.45, 7) is 2.46. The van der Waals surface area contributed by atoms with Crippen LogP contribution < -0.4 is 5.32 Å². The molecule has 0 aromatic heterocycles. The molecule has 0 bridgehead atoms. The molecule has 0 aliphatic carbocycles. The predicted octanol–water partition coefficient (Wildman–Crippen LogP) is 3.59. The van der Waals surface area contributed by atoms with E-state index in [0.717, 1.165) is 11.1 Å². The summed E-state index contributed by atoms with van der Waals surface area (Å²) in [6.07, 6.45) is 0. The van der Waals surface area contributed by atoms with Gasteiger partial charge in [0.15, 0.2) is 0 Å². The molecule has 0 amide bonds. The molecule has 2 nitrogen and oxygen atoms in total. The Labute approximate surface area is 126 Å². The molecule has 0 radical (unpaired) electrons. The van der Waals surface area contributed by atoms with Crippen LogP contribution >= 0.6 is 15.9 Å². The summed E-state index contributed by atoms with van der Waals surface area (Å²) in [7, 11) is 0. The average Bonchev–Trinajstić information content (AvgIpc) is 2.48. The smallest absolute Gasteiger partial charge is 0.137 e. The molecule has 0 spiro atoms. The maximum absolute atomic E-state index is 13.3. The van der Waals surface area contributed by atoms with E-state index in [1.54, 1.807) is 12.1 Å². The second-order valence-electron chi connectivity index (χ2n) is 4.96. The van der Waals surface area contributed by atoms with Crippen LogP contribution in [0, 0.1) is 5.82 Å². The van der Waals surface area contributed by atoms with Crippen molar-refractivity contribution in [2.45, 2.75) is 19.0 Å². The molecule has 2 N–H and O–H groups in total. The van der Waals surface area contributed by atoms with E-state index in [1.165, 1.54) is 6.07 Å². The summed E-state index contributed by atoms with van der Waals surface area (Å²) in [6, 6.07) is 14.7. The lowest BCUT2D eigenvalue weighted by Gasteiger charge is -2.30. The molecule has 0 fully saturated rings. The highest BCUT2D eigenvalue weighted by Crippen LogP contribution is 2.25. The monoisotopic (exact) mass is 337 g/mol. The van der Waals surface area contributed by atoms with Gasteiger partial charge in [-0.2, -0.15) is 0 Å². The summed E-state index contributed by atoms with van der Waals surface area (Å²) >= 11 is 3.18. The number of hydrogen-bond acceptors (Lipinski definition) is 2. The zero-order chi connectivity index (χ0) is 14.6. The SMILES string of the molecule is CC(CO)(NCc1ccccc1)c1ccc(F)c(Br)c1. The molecule has 20 heavy (non-hydrogen) atoms. The first kappa shape index (κ1) is 15.2. The highest BCUT2D eigenvalue weighted by Gasteiger charge is 2.25. The van der Waals surface area contributed by atoms with Gasteiger partial charge in [-0.3, -0.25) is 0 Å². The molecule has 2 aromatic rings. The van der Waals surface area contributed by atoms with Gasteiger partial charge in [0.05, 0.1) is 16.6 Å². The van der Waals surface area contributed by atoms with Crippen LogP contribution in [0.1, 0.15) is 18.1 Å². The Hall–Kier alpha value is -1.23. The molecule has 1 unspecified atom stereocenters. The number of aliphatic hydroxyl groups excluding tert-OH is 1. The van der Waals surface area contributed by atoms with E-state index in [0.29, 0.717) is 11.0 Å². The normalized spacial score (nSPS) is 14.0. The van der Waals surface area contributed by atoms with E-state index in [1.807, 2.05) is 37.3 Å². The van der Waals surface area contributed by atoms with Gasteiger partial charge in [-0.05, 0) is 46.1 Å². The van der Waals surface area contributed by atoms with Crippen molar-refractivity contribution >= 4 is 15.9 Å². The minimum atomic E-state index is -0.619. The molecule has 0 aliphatic heterocycles. The maximum Gasteiger partial charge on any atom is 0.137 e. The number of hydrogen-bond donors (Lipinski definition) is 2. The Balaban J connectivity index is 2.18. The van der Waals surface area contributed by atoms with E-state index in [2.05, 4.69) is 21.2 Å². The number of nitrogens with one attached hydrogen (secondary N) is 1. The van der Waals surface area contributed by atoms with E-state index in [-0.39, 0.29) is 12.4 Å². The van der Waals surface area contributed by atoms with Crippen LogP contribution in [-0.4, -0.2) is 11.7 Å². The van der Waals surface area contributed by atoms with E-state index in [9.17, 15) is 9.50 Å². The van der Waals surface area contributed by atoms with Gasteiger partial charge in [0.1, 0.15) is 5.82 Å². The minimum absolute atomic E-state index is 0.0715. The largest absolute Gasteiger partial charge is 0.394 e. The molecule has 4 heteroatoms. The summed E-state index contributed by atoms with van der Waals surface area (Å²) < 4.78 is 13.7. The van der Waals surface area contributed by atoms with Crippen molar-refractivity contribution in [3.63, 3.8) is 0 Å². The van der Waals surface area contributed by atoms with Crippen LogP contribution in [-0.2, 0) is 12.1 Å². The third kappa shape index (κ3) is 3.45. The number of benzene rings is 2. The first-order valence-electron chi connectivity index (χ1n) is 6.40. The second-order valence-corrected chi connectivity index (χ2v) is 5.81. The predicted molar refractivity (Wildman–Crippen MR) is 81.8 cm³/mol. The summed E-state index contributed by atoms with van der Waals surface area (Å²) in [5, 5.41) is 13.0. The van der Waals surface area contributed by atoms with Crippen molar-refractivity contribution in [1.29, 1.82) is 0 Å². The van der Waals surface area contributed by atoms with Crippen molar-refractivity contribution in [1.82, 2.24) is 5.32 Å². The number of aliphatic hydroxyl groups is 1. The van der Waals surface area contributed by atoms with Gasteiger partial charge in [-0.15, -0.1) is 0 Å². The van der Waals surface area contributed by atoms with Crippen LogP contribution in [0.5, 0.6) is 0 Å². The van der Waals surface area contributed by atoms with Gasteiger partial charge < -0.3 is 10.4 Å². The molecule has 0 aliphatic rings. The fourth-order valence-corrected chi connectivity index (χ4v) is 2.36. The van der Waals surface area contributed by atoms with Crippen LogP contribution in [0.25, 0.3) is 0 Å². The van der Waals surface area contributed by atoms with Gasteiger partial charge in [-0.25, -0.2) is 4.39 Å². The standard InChI is InChI=1S/C16H17BrFNO/c1-16(11-20,13-7-8-15(18)14(17)9-13)19-10-12-5-3-2-4-6-12/h2-9,19-20H,10-11H2,1H3. The van der Waals surface area contributed by atoms with E-state index in [4.69, 9.17) is 0 Å². The van der Waals surface area contributed by atoms with Crippen molar-refractivity contribution in [3.05, 3.63) is 69.9 Å². The quantitative estimate of drug-likeness (QED) is 0.873. The van der Waals surface area contributed by atoms with Crippen molar-refractivity contribution < 1.29 is 9.50 Å². The highest BCUT2D eigenvalue weighted by atomic mass is 79.9. The molecule has 1 atom stereocenters. The van der Waals surface area contributed by atoms with Gasteiger partial charge in [0.2, 0.25) is 0 Å². The third-order valence-electron chi connectivity index (χ3n) is 3.40.